The van der Waals surface area contributed by atoms with Crippen molar-refractivity contribution in [1.82, 2.24) is 0 Å². The molecule has 0 aliphatic carbocycles. The lowest BCUT2D eigenvalue weighted by atomic mass is 10.1. The summed E-state index contributed by atoms with van der Waals surface area (Å²) in [6, 6.07) is 9.54. The Morgan fingerprint density at radius 2 is 2.03 bits per heavy atom. The van der Waals surface area contributed by atoms with Crippen LogP contribution in [0.5, 0.6) is 5.75 Å². The number of rotatable bonds is 3. The van der Waals surface area contributed by atoms with Crippen LogP contribution in [-0.4, -0.2) is 30.4 Å². The van der Waals surface area contributed by atoms with Crippen molar-refractivity contribution in [2.24, 2.45) is 5.92 Å². The molecule has 0 radical (unpaired) electrons. The van der Waals surface area contributed by atoms with Gasteiger partial charge in [0.05, 0.1) is 11.6 Å². The molecule has 0 aromatic heterocycles. The Kier molecular flexibility index (Phi) is 4.70. The topological polar surface area (TPSA) is 87.7 Å². The molecule has 29 heavy (non-hydrogen) atoms. The maximum Gasteiger partial charge on any atom is 0.265 e. The molecule has 2 aliphatic heterocycles. The van der Waals surface area contributed by atoms with E-state index in [4.69, 9.17) is 4.74 Å². The Morgan fingerprint density at radius 1 is 1.24 bits per heavy atom. The highest BCUT2D eigenvalue weighted by Gasteiger charge is 2.35. The fourth-order valence-corrected chi connectivity index (χ4v) is 3.41. The molecule has 150 valence electrons. The number of hydrogen-bond acceptors (Lipinski definition) is 4. The first-order valence-electron chi connectivity index (χ1n) is 9.31. The lowest BCUT2D eigenvalue weighted by Gasteiger charge is -2.24. The summed E-state index contributed by atoms with van der Waals surface area (Å²) in [5.41, 5.74) is 1.90. The second kappa shape index (κ2) is 7.20. The number of benzene rings is 2. The highest BCUT2D eigenvalue weighted by atomic mass is 19.1. The monoisotopic (exact) mass is 397 g/mol. The molecule has 7 nitrogen and oxygen atoms in total. The van der Waals surface area contributed by atoms with Gasteiger partial charge in [-0.25, -0.2) is 4.39 Å². The maximum atomic E-state index is 13.8. The Balaban J connectivity index is 1.45. The van der Waals surface area contributed by atoms with Crippen molar-refractivity contribution in [2.75, 3.05) is 22.1 Å². The summed E-state index contributed by atoms with van der Waals surface area (Å²) in [4.78, 5) is 38.2. The van der Waals surface area contributed by atoms with Crippen LogP contribution in [0.2, 0.25) is 0 Å². The standard InChI is InChI=1S/C21H20FN3O4/c1-11-3-5-15(9-16(11)22)25-10-13(7-19(25)26)21(28)23-14-4-6-18-17(8-14)24-20(27)12(2)29-18/h3-6,8-9,12-13H,7,10H2,1-2H3,(H,23,28)(H,24,27)/t12-,13+/m1/s1. The number of halogens is 1. The molecule has 8 heteroatoms. The van der Waals surface area contributed by atoms with Gasteiger partial charge in [0.25, 0.3) is 5.91 Å². The molecule has 0 spiro atoms. The number of anilines is 3. The highest BCUT2D eigenvalue weighted by Crippen LogP contribution is 2.33. The van der Waals surface area contributed by atoms with Crippen molar-refractivity contribution in [3.05, 3.63) is 47.8 Å². The molecule has 0 bridgehead atoms. The van der Waals surface area contributed by atoms with Gasteiger partial charge < -0.3 is 20.3 Å². The second-order valence-corrected chi connectivity index (χ2v) is 7.29. The molecule has 3 amide bonds. The van der Waals surface area contributed by atoms with Gasteiger partial charge in [0.1, 0.15) is 11.6 Å². The largest absolute Gasteiger partial charge is 0.479 e. The fourth-order valence-electron chi connectivity index (χ4n) is 3.41. The maximum absolute atomic E-state index is 13.8. The van der Waals surface area contributed by atoms with Gasteiger partial charge in [0.2, 0.25) is 11.8 Å². The third-order valence-corrected chi connectivity index (χ3v) is 5.14. The van der Waals surface area contributed by atoms with Crippen molar-refractivity contribution < 1.29 is 23.5 Å². The van der Waals surface area contributed by atoms with Gasteiger partial charge in [-0.15, -0.1) is 0 Å². The zero-order chi connectivity index (χ0) is 20.7. The fraction of sp³-hybridized carbons (Fsp3) is 0.286. The van der Waals surface area contributed by atoms with Crippen LogP contribution in [0.25, 0.3) is 0 Å². The first-order valence-corrected chi connectivity index (χ1v) is 9.31. The van der Waals surface area contributed by atoms with Crippen molar-refractivity contribution >= 4 is 34.8 Å². The van der Waals surface area contributed by atoms with Crippen LogP contribution in [0.3, 0.4) is 0 Å². The summed E-state index contributed by atoms with van der Waals surface area (Å²) in [6.07, 6.45) is -0.533. The molecule has 0 saturated carbocycles. The van der Waals surface area contributed by atoms with Crippen LogP contribution >= 0.6 is 0 Å². The minimum atomic E-state index is -0.579. The molecule has 1 fully saturated rings. The van der Waals surface area contributed by atoms with E-state index in [-0.39, 0.29) is 30.7 Å². The van der Waals surface area contributed by atoms with E-state index in [2.05, 4.69) is 10.6 Å². The van der Waals surface area contributed by atoms with Crippen molar-refractivity contribution in [1.29, 1.82) is 0 Å². The Morgan fingerprint density at radius 3 is 2.79 bits per heavy atom. The van der Waals surface area contributed by atoms with Crippen LogP contribution < -0.4 is 20.3 Å². The van der Waals surface area contributed by atoms with E-state index in [0.29, 0.717) is 28.4 Å². The molecular weight excluding hydrogens is 377 g/mol. The summed E-state index contributed by atoms with van der Waals surface area (Å²) in [6.45, 7) is 3.47. The Labute approximate surface area is 166 Å². The number of nitrogens with one attached hydrogen (secondary N) is 2. The number of carbonyl (C=O) groups is 3. The van der Waals surface area contributed by atoms with E-state index in [0.717, 1.165) is 0 Å². The van der Waals surface area contributed by atoms with E-state index in [1.54, 1.807) is 44.2 Å². The van der Waals surface area contributed by atoms with E-state index < -0.39 is 17.8 Å². The summed E-state index contributed by atoms with van der Waals surface area (Å²) in [5, 5.41) is 5.50. The summed E-state index contributed by atoms with van der Waals surface area (Å²) in [7, 11) is 0. The lowest BCUT2D eigenvalue weighted by Crippen LogP contribution is -2.34. The zero-order valence-electron chi connectivity index (χ0n) is 16.0. The smallest absolute Gasteiger partial charge is 0.265 e. The molecule has 2 heterocycles. The molecule has 2 aliphatic rings. The van der Waals surface area contributed by atoms with Gasteiger partial charge in [-0.1, -0.05) is 6.07 Å². The quantitative estimate of drug-likeness (QED) is 0.834. The normalized spacial score (nSPS) is 20.7. The number of nitrogens with zero attached hydrogens (tertiary/aromatic N) is 1. The lowest BCUT2D eigenvalue weighted by molar-refractivity contribution is -0.122. The van der Waals surface area contributed by atoms with Crippen LogP contribution in [0.1, 0.15) is 18.9 Å². The van der Waals surface area contributed by atoms with E-state index in [1.807, 2.05) is 0 Å². The predicted molar refractivity (Wildman–Crippen MR) is 105 cm³/mol. The van der Waals surface area contributed by atoms with Crippen LogP contribution in [-0.2, 0) is 14.4 Å². The number of ether oxygens (including phenoxy) is 1. The zero-order valence-corrected chi connectivity index (χ0v) is 16.0. The molecule has 1 saturated heterocycles. The third-order valence-electron chi connectivity index (χ3n) is 5.14. The van der Waals surface area contributed by atoms with E-state index >= 15 is 0 Å². The minimum Gasteiger partial charge on any atom is -0.479 e. The van der Waals surface area contributed by atoms with Gasteiger partial charge >= 0.3 is 0 Å². The molecular formula is C21H20FN3O4. The SMILES string of the molecule is Cc1ccc(N2C[C@@H](C(=O)Nc3ccc4c(c3)NC(=O)[C@@H](C)O4)CC2=O)cc1F. The first kappa shape index (κ1) is 18.9. The molecule has 2 aromatic carbocycles. The number of hydrogen-bond donors (Lipinski definition) is 2. The molecule has 2 N–H and O–H groups in total. The van der Waals surface area contributed by atoms with Gasteiger partial charge in [-0.05, 0) is 49.7 Å². The second-order valence-electron chi connectivity index (χ2n) is 7.29. The molecule has 4 rings (SSSR count). The summed E-state index contributed by atoms with van der Waals surface area (Å²) < 4.78 is 19.3. The van der Waals surface area contributed by atoms with Crippen molar-refractivity contribution in [3.8, 4) is 5.75 Å². The third kappa shape index (κ3) is 3.65. The average molecular weight is 397 g/mol. The minimum absolute atomic E-state index is 0.0453. The van der Waals surface area contributed by atoms with Gasteiger partial charge in [-0.3, -0.25) is 14.4 Å². The van der Waals surface area contributed by atoms with Gasteiger partial charge in [0, 0.05) is 24.3 Å². The number of aryl methyl sites for hydroxylation is 1. The number of amides is 3. The Hall–Kier alpha value is -3.42. The first-order chi connectivity index (χ1) is 13.8. The summed E-state index contributed by atoms with van der Waals surface area (Å²) in [5.74, 6) is -1.23. The van der Waals surface area contributed by atoms with Crippen LogP contribution in [0.4, 0.5) is 21.5 Å². The molecule has 2 aromatic rings. The van der Waals surface area contributed by atoms with Crippen LogP contribution in [0.15, 0.2) is 36.4 Å². The average Bonchev–Trinajstić information content (AvgIpc) is 3.07. The predicted octanol–water partition coefficient (Wildman–Crippen LogP) is 2.85. The van der Waals surface area contributed by atoms with Crippen molar-refractivity contribution in [3.63, 3.8) is 0 Å². The van der Waals surface area contributed by atoms with Crippen molar-refractivity contribution in [2.45, 2.75) is 26.4 Å². The number of fused-ring (bicyclic) bond motifs is 1. The van der Waals surface area contributed by atoms with Crippen LogP contribution in [0, 0.1) is 18.7 Å². The Bertz CT molecular complexity index is 1020. The highest BCUT2D eigenvalue weighted by molar-refractivity contribution is 6.04. The van der Waals surface area contributed by atoms with E-state index in [1.165, 1.54) is 11.0 Å². The number of carbonyl (C=O) groups excluding carboxylic acids is 3. The van der Waals surface area contributed by atoms with Gasteiger partial charge in [0.15, 0.2) is 6.10 Å². The molecule has 0 unspecified atom stereocenters. The van der Waals surface area contributed by atoms with E-state index in [9.17, 15) is 18.8 Å². The summed E-state index contributed by atoms with van der Waals surface area (Å²) >= 11 is 0. The molecule has 2 atom stereocenters. The van der Waals surface area contributed by atoms with Gasteiger partial charge in [-0.2, -0.15) is 0 Å².